The summed E-state index contributed by atoms with van der Waals surface area (Å²) in [6.07, 6.45) is 1.32. The molecule has 104 valence electrons. The highest BCUT2D eigenvalue weighted by Crippen LogP contribution is 2.36. The minimum Gasteiger partial charge on any atom is -0.349 e. The summed E-state index contributed by atoms with van der Waals surface area (Å²) < 4.78 is 13.3. The molecule has 5 heteroatoms. The van der Waals surface area contributed by atoms with Gasteiger partial charge in [0.2, 0.25) is 5.91 Å². The summed E-state index contributed by atoms with van der Waals surface area (Å²) in [5.74, 6) is 0.734. The normalized spacial score (nSPS) is 17.9. The molecular formula is C14H19FN2OS. The molecule has 1 amide bonds. The van der Waals surface area contributed by atoms with Gasteiger partial charge < -0.3 is 10.6 Å². The highest BCUT2D eigenvalue weighted by Gasteiger charge is 2.22. The average molecular weight is 282 g/mol. The average Bonchev–Trinajstić information content (AvgIpc) is 2.40. The lowest BCUT2D eigenvalue weighted by atomic mass is 10.0. The highest BCUT2D eigenvalue weighted by molar-refractivity contribution is 7.99. The molecule has 1 aliphatic heterocycles. The summed E-state index contributed by atoms with van der Waals surface area (Å²) >= 11 is 1.72. The van der Waals surface area contributed by atoms with Crippen LogP contribution in [-0.4, -0.2) is 24.7 Å². The lowest BCUT2D eigenvalue weighted by molar-refractivity contribution is -0.121. The third-order valence-corrected chi connectivity index (χ3v) is 4.25. The Morgan fingerprint density at radius 1 is 1.53 bits per heavy atom. The number of carbonyl (C=O) groups excluding carboxylic acids is 1. The van der Waals surface area contributed by atoms with Gasteiger partial charge in [-0.3, -0.25) is 4.79 Å². The number of carbonyl (C=O) groups is 1. The number of amides is 1. The molecule has 0 spiro atoms. The van der Waals surface area contributed by atoms with E-state index in [1.54, 1.807) is 17.8 Å². The zero-order valence-electron chi connectivity index (χ0n) is 11.0. The molecule has 1 aromatic rings. The molecule has 1 heterocycles. The van der Waals surface area contributed by atoms with E-state index in [9.17, 15) is 9.18 Å². The van der Waals surface area contributed by atoms with E-state index in [1.165, 1.54) is 12.1 Å². The Bertz CT molecular complexity index is 453. The summed E-state index contributed by atoms with van der Waals surface area (Å²) in [5, 5.41) is 6.12. The zero-order chi connectivity index (χ0) is 13.7. The van der Waals surface area contributed by atoms with Crippen molar-refractivity contribution in [1.82, 2.24) is 10.6 Å². The first-order valence-corrected chi connectivity index (χ1v) is 7.61. The van der Waals surface area contributed by atoms with Crippen molar-refractivity contribution < 1.29 is 9.18 Å². The summed E-state index contributed by atoms with van der Waals surface area (Å²) in [6, 6.07) is 4.76. The predicted molar refractivity (Wildman–Crippen MR) is 75.8 cm³/mol. The van der Waals surface area contributed by atoms with E-state index in [-0.39, 0.29) is 17.8 Å². The molecule has 1 unspecified atom stereocenters. The van der Waals surface area contributed by atoms with Crippen molar-refractivity contribution in [3.05, 3.63) is 29.6 Å². The molecule has 1 aromatic carbocycles. The number of hydrogen-bond donors (Lipinski definition) is 2. The van der Waals surface area contributed by atoms with Crippen molar-refractivity contribution in [2.45, 2.75) is 30.7 Å². The van der Waals surface area contributed by atoms with Crippen LogP contribution in [0.1, 0.15) is 31.4 Å². The van der Waals surface area contributed by atoms with Gasteiger partial charge in [0.05, 0.1) is 6.04 Å². The lowest BCUT2D eigenvalue weighted by Crippen LogP contribution is -2.32. The van der Waals surface area contributed by atoms with Crippen LogP contribution >= 0.6 is 11.8 Å². The first-order valence-electron chi connectivity index (χ1n) is 6.63. The summed E-state index contributed by atoms with van der Waals surface area (Å²) in [4.78, 5) is 12.9. The SMILES string of the molecule is CCNCCC(=O)NC1CCSc2ccc(F)cc21. The molecule has 0 aliphatic carbocycles. The molecule has 0 saturated carbocycles. The second-order valence-electron chi connectivity index (χ2n) is 4.54. The molecule has 0 aromatic heterocycles. The van der Waals surface area contributed by atoms with Crippen molar-refractivity contribution in [2.24, 2.45) is 0 Å². The molecule has 1 aliphatic rings. The summed E-state index contributed by atoms with van der Waals surface area (Å²) in [7, 11) is 0. The van der Waals surface area contributed by atoms with E-state index in [0.717, 1.165) is 29.2 Å². The summed E-state index contributed by atoms with van der Waals surface area (Å²) in [5.41, 5.74) is 0.910. The first kappa shape index (κ1) is 14.3. The third-order valence-electron chi connectivity index (χ3n) is 3.13. The molecule has 0 bridgehead atoms. The molecule has 0 saturated heterocycles. The highest BCUT2D eigenvalue weighted by atomic mass is 32.2. The van der Waals surface area contributed by atoms with Crippen LogP contribution in [0.3, 0.4) is 0 Å². The van der Waals surface area contributed by atoms with Crippen molar-refractivity contribution in [1.29, 1.82) is 0 Å². The molecule has 19 heavy (non-hydrogen) atoms. The van der Waals surface area contributed by atoms with Crippen LogP contribution in [-0.2, 0) is 4.79 Å². The van der Waals surface area contributed by atoms with Gasteiger partial charge in [-0.1, -0.05) is 6.92 Å². The van der Waals surface area contributed by atoms with Gasteiger partial charge in [0.25, 0.3) is 0 Å². The molecule has 0 fully saturated rings. The van der Waals surface area contributed by atoms with E-state index < -0.39 is 0 Å². The maximum atomic E-state index is 13.3. The van der Waals surface area contributed by atoms with E-state index in [4.69, 9.17) is 0 Å². The number of hydrogen-bond acceptors (Lipinski definition) is 3. The van der Waals surface area contributed by atoms with Crippen LogP contribution in [0.15, 0.2) is 23.1 Å². The van der Waals surface area contributed by atoms with Gasteiger partial charge in [0, 0.05) is 23.6 Å². The fourth-order valence-corrected chi connectivity index (χ4v) is 3.27. The van der Waals surface area contributed by atoms with E-state index in [0.29, 0.717) is 13.0 Å². The Kier molecular flexibility index (Phi) is 5.22. The fraction of sp³-hybridized carbons (Fsp3) is 0.500. The number of benzene rings is 1. The maximum Gasteiger partial charge on any atom is 0.221 e. The van der Waals surface area contributed by atoms with Crippen LogP contribution in [0, 0.1) is 5.82 Å². The van der Waals surface area contributed by atoms with Gasteiger partial charge in [0.15, 0.2) is 0 Å². The smallest absolute Gasteiger partial charge is 0.221 e. The van der Waals surface area contributed by atoms with Gasteiger partial charge in [-0.2, -0.15) is 0 Å². The van der Waals surface area contributed by atoms with Crippen LogP contribution in [0.5, 0.6) is 0 Å². The third kappa shape index (κ3) is 3.94. The van der Waals surface area contributed by atoms with Crippen LogP contribution in [0.25, 0.3) is 0 Å². The molecular weight excluding hydrogens is 263 g/mol. The van der Waals surface area contributed by atoms with Gasteiger partial charge in [-0.25, -0.2) is 4.39 Å². The Balaban J connectivity index is 1.99. The molecule has 3 nitrogen and oxygen atoms in total. The second kappa shape index (κ2) is 6.91. The van der Waals surface area contributed by atoms with Crippen LogP contribution in [0.4, 0.5) is 4.39 Å². The van der Waals surface area contributed by atoms with Crippen molar-refractivity contribution in [3.8, 4) is 0 Å². The van der Waals surface area contributed by atoms with Crippen molar-refractivity contribution in [3.63, 3.8) is 0 Å². The Morgan fingerprint density at radius 2 is 2.37 bits per heavy atom. The topological polar surface area (TPSA) is 41.1 Å². The molecule has 2 rings (SSSR count). The predicted octanol–water partition coefficient (Wildman–Crippen LogP) is 2.48. The molecule has 0 radical (unpaired) electrons. The Morgan fingerprint density at radius 3 is 3.16 bits per heavy atom. The Hall–Kier alpha value is -1.07. The number of rotatable bonds is 5. The van der Waals surface area contributed by atoms with Crippen LogP contribution in [0.2, 0.25) is 0 Å². The monoisotopic (exact) mass is 282 g/mol. The minimum absolute atomic E-state index is 0.0214. The van der Waals surface area contributed by atoms with E-state index in [1.807, 2.05) is 6.92 Å². The van der Waals surface area contributed by atoms with Gasteiger partial charge in [0.1, 0.15) is 5.82 Å². The Labute approximate surface area is 117 Å². The lowest BCUT2D eigenvalue weighted by Gasteiger charge is -2.26. The van der Waals surface area contributed by atoms with Gasteiger partial charge in [-0.15, -0.1) is 11.8 Å². The maximum absolute atomic E-state index is 13.3. The van der Waals surface area contributed by atoms with Gasteiger partial charge in [-0.05, 0) is 36.7 Å². The second-order valence-corrected chi connectivity index (χ2v) is 5.68. The summed E-state index contributed by atoms with van der Waals surface area (Å²) in [6.45, 7) is 3.55. The number of thioether (sulfide) groups is 1. The standard InChI is InChI=1S/C14H19FN2OS/c1-2-16-7-5-14(18)17-12-6-8-19-13-4-3-10(15)9-11(12)13/h3-4,9,12,16H,2,5-8H2,1H3,(H,17,18). The van der Waals surface area contributed by atoms with E-state index >= 15 is 0 Å². The quantitative estimate of drug-likeness (QED) is 0.815. The van der Waals surface area contributed by atoms with E-state index in [2.05, 4.69) is 10.6 Å². The van der Waals surface area contributed by atoms with Crippen LogP contribution < -0.4 is 10.6 Å². The largest absolute Gasteiger partial charge is 0.349 e. The number of halogens is 1. The zero-order valence-corrected chi connectivity index (χ0v) is 11.9. The fourth-order valence-electron chi connectivity index (χ4n) is 2.16. The number of fused-ring (bicyclic) bond motifs is 1. The minimum atomic E-state index is -0.242. The van der Waals surface area contributed by atoms with Crippen molar-refractivity contribution in [2.75, 3.05) is 18.8 Å². The number of nitrogens with one attached hydrogen (secondary N) is 2. The van der Waals surface area contributed by atoms with Gasteiger partial charge >= 0.3 is 0 Å². The molecule has 2 N–H and O–H groups in total. The molecule has 1 atom stereocenters. The first-order chi connectivity index (χ1) is 9.20. The van der Waals surface area contributed by atoms with Crippen molar-refractivity contribution >= 4 is 17.7 Å².